The molecule has 0 radical (unpaired) electrons. The lowest BCUT2D eigenvalue weighted by atomic mass is 10.2. The number of aryl methyl sites for hydroxylation is 1. The van der Waals surface area contributed by atoms with Crippen molar-refractivity contribution >= 4 is 39.7 Å². The van der Waals surface area contributed by atoms with Crippen LogP contribution < -0.4 is 10.2 Å². The zero-order valence-corrected chi connectivity index (χ0v) is 14.0. The molecule has 0 unspecified atom stereocenters. The molecule has 2 aromatic carbocycles. The molecule has 2 heterocycles. The number of hydrogen-bond acceptors (Lipinski definition) is 6. The fraction of sp³-hybridized carbons (Fsp3) is 0.176. The highest BCUT2D eigenvalue weighted by atomic mass is 16.4. The Balaban J connectivity index is 1.61. The Morgan fingerprint density at radius 1 is 1.16 bits per heavy atom. The van der Waals surface area contributed by atoms with Crippen LogP contribution in [0.5, 0.6) is 0 Å². The van der Waals surface area contributed by atoms with Gasteiger partial charge in [-0.3, -0.25) is 4.79 Å². The Hall–Kier alpha value is -3.42. The van der Waals surface area contributed by atoms with Gasteiger partial charge in [0.2, 0.25) is 0 Å². The predicted molar refractivity (Wildman–Crippen MR) is 94.8 cm³/mol. The van der Waals surface area contributed by atoms with Crippen molar-refractivity contribution in [3.05, 3.63) is 42.0 Å². The third-order valence-electron chi connectivity index (χ3n) is 3.89. The third-order valence-corrected chi connectivity index (χ3v) is 3.89. The molecule has 25 heavy (non-hydrogen) atoms. The summed E-state index contributed by atoms with van der Waals surface area (Å²) in [6.07, 6.45) is 0. The highest BCUT2D eigenvalue weighted by Gasteiger charge is 2.12. The summed E-state index contributed by atoms with van der Waals surface area (Å²) < 4.78 is 7.32. The second-order valence-corrected chi connectivity index (χ2v) is 5.94. The van der Waals surface area contributed by atoms with Crippen molar-refractivity contribution < 1.29 is 9.21 Å². The van der Waals surface area contributed by atoms with Crippen molar-refractivity contribution in [2.24, 2.45) is 7.05 Å². The third kappa shape index (κ3) is 2.67. The zero-order chi connectivity index (χ0) is 17.6. The fourth-order valence-corrected chi connectivity index (χ4v) is 2.57. The molecule has 126 valence electrons. The number of hydrogen-bond donors (Lipinski definition) is 1. The van der Waals surface area contributed by atoms with E-state index in [-0.39, 0.29) is 5.91 Å². The summed E-state index contributed by atoms with van der Waals surface area (Å²) in [5.74, 6) is -0.223. The van der Waals surface area contributed by atoms with E-state index < -0.39 is 0 Å². The number of amides is 1. The average molecular weight is 336 g/mol. The first kappa shape index (κ1) is 15.1. The molecule has 0 spiro atoms. The van der Waals surface area contributed by atoms with E-state index in [1.807, 2.05) is 33.3 Å². The van der Waals surface area contributed by atoms with Crippen LogP contribution in [0.3, 0.4) is 0 Å². The number of nitrogens with one attached hydrogen (secondary N) is 1. The Bertz CT molecular complexity index is 1100. The van der Waals surface area contributed by atoms with Crippen molar-refractivity contribution in [2.45, 2.75) is 0 Å². The van der Waals surface area contributed by atoms with Gasteiger partial charge in [0.15, 0.2) is 5.58 Å². The van der Waals surface area contributed by atoms with Crippen molar-refractivity contribution in [1.29, 1.82) is 0 Å². The monoisotopic (exact) mass is 336 g/mol. The van der Waals surface area contributed by atoms with Gasteiger partial charge in [-0.25, -0.2) is 4.68 Å². The zero-order valence-electron chi connectivity index (χ0n) is 14.0. The van der Waals surface area contributed by atoms with Crippen LogP contribution in [0.25, 0.3) is 22.1 Å². The molecule has 8 heteroatoms. The fourth-order valence-electron chi connectivity index (χ4n) is 2.57. The van der Waals surface area contributed by atoms with Crippen molar-refractivity contribution in [2.75, 3.05) is 24.3 Å². The normalized spacial score (nSPS) is 11.2. The molecular formula is C17H16N6O2. The molecule has 4 aromatic rings. The van der Waals surface area contributed by atoms with Crippen molar-refractivity contribution in [1.82, 2.24) is 20.0 Å². The first-order valence-electron chi connectivity index (χ1n) is 7.70. The minimum absolute atomic E-state index is 0.223. The standard InChI is InChI=1S/C17H16N6O2/c1-22(2)17-19-12-6-5-11(9-15(12)25-17)18-16(24)10-4-7-14-13(8-10)20-21-23(14)3/h4-9H,1-3H3,(H,18,24). The van der Waals surface area contributed by atoms with Gasteiger partial charge in [-0.2, -0.15) is 4.98 Å². The first-order chi connectivity index (χ1) is 12.0. The maximum absolute atomic E-state index is 12.5. The molecule has 0 bridgehead atoms. The molecule has 1 N–H and O–H groups in total. The van der Waals surface area contributed by atoms with Crippen LogP contribution in [-0.2, 0) is 7.05 Å². The summed E-state index contributed by atoms with van der Waals surface area (Å²) in [6, 6.07) is 11.2. The minimum atomic E-state index is -0.223. The molecule has 0 saturated carbocycles. The molecule has 8 nitrogen and oxygen atoms in total. The molecule has 0 fully saturated rings. The molecule has 0 atom stereocenters. The van der Waals surface area contributed by atoms with Gasteiger partial charge in [-0.05, 0) is 30.3 Å². The van der Waals surface area contributed by atoms with E-state index in [9.17, 15) is 4.79 Å². The van der Waals surface area contributed by atoms with E-state index in [1.165, 1.54) is 0 Å². The molecule has 0 aliphatic rings. The molecular weight excluding hydrogens is 320 g/mol. The Kier molecular flexibility index (Phi) is 3.38. The van der Waals surface area contributed by atoms with Gasteiger partial charge < -0.3 is 14.6 Å². The SMILES string of the molecule is CN(C)c1nc2ccc(NC(=O)c3ccc4c(c3)nnn4C)cc2o1. The van der Waals surface area contributed by atoms with Gasteiger partial charge in [0.05, 0.1) is 5.52 Å². The summed E-state index contributed by atoms with van der Waals surface area (Å²) in [5, 5.41) is 10.8. The molecule has 1 amide bonds. The Labute approximate surface area is 143 Å². The summed E-state index contributed by atoms with van der Waals surface area (Å²) >= 11 is 0. The lowest BCUT2D eigenvalue weighted by Gasteiger charge is -2.05. The van der Waals surface area contributed by atoms with Crippen LogP contribution >= 0.6 is 0 Å². The predicted octanol–water partition coefficient (Wildman–Crippen LogP) is 2.43. The van der Waals surface area contributed by atoms with Crippen molar-refractivity contribution in [3.8, 4) is 0 Å². The Morgan fingerprint density at radius 2 is 2.00 bits per heavy atom. The average Bonchev–Trinajstić information content (AvgIpc) is 3.18. The van der Waals surface area contributed by atoms with Gasteiger partial charge in [0.1, 0.15) is 11.0 Å². The number of fused-ring (bicyclic) bond motifs is 2. The molecule has 0 aliphatic heterocycles. The van der Waals surface area contributed by atoms with Crippen LogP contribution in [0.15, 0.2) is 40.8 Å². The molecule has 0 saturated heterocycles. The first-order valence-corrected chi connectivity index (χ1v) is 7.70. The maximum Gasteiger partial charge on any atom is 0.297 e. The lowest BCUT2D eigenvalue weighted by Crippen LogP contribution is -2.11. The maximum atomic E-state index is 12.5. The van der Waals surface area contributed by atoms with E-state index >= 15 is 0 Å². The second kappa shape index (κ2) is 5.59. The number of aromatic nitrogens is 4. The van der Waals surface area contributed by atoms with E-state index in [2.05, 4.69) is 20.6 Å². The summed E-state index contributed by atoms with van der Waals surface area (Å²) in [5.41, 5.74) is 4.05. The van der Waals surface area contributed by atoms with E-state index in [0.29, 0.717) is 28.4 Å². The van der Waals surface area contributed by atoms with Crippen LogP contribution in [-0.4, -0.2) is 40.0 Å². The van der Waals surface area contributed by atoms with Crippen LogP contribution in [0, 0.1) is 0 Å². The van der Waals surface area contributed by atoms with E-state index in [1.54, 1.807) is 33.8 Å². The topological polar surface area (TPSA) is 89.1 Å². The highest BCUT2D eigenvalue weighted by Crippen LogP contribution is 2.24. The lowest BCUT2D eigenvalue weighted by molar-refractivity contribution is 0.102. The molecule has 0 aliphatic carbocycles. The van der Waals surface area contributed by atoms with Gasteiger partial charge in [0.25, 0.3) is 11.9 Å². The number of oxazole rings is 1. The molecule has 4 rings (SSSR count). The van der Waals surface area contributed by atoms with E-state index in [4.69, 9.17) is 4.42 Å². The number of anilines is 2. The number of nitrogens with zero attached hydrogens (tertiary/aromatic N) is 5. The summed E-state index contributed by atoms with van der Waals surface area (Å²) in [6.45, 7) is 0. The van der Waals surface area contributed by atoms with E-state index in [0.717, 1.165) is 11.0 Å². The highest BCUT2D eigenvalue weighted by molar-refractivity contribution is 6.06. The van der Waals surface area contributed by atoms with Gasteiger partial charge in [-0.1, -0.05) is 5.21 Å². The van der Waals surface area contributed by atoms with Crippen LogP contribution in [0.1, 0.15) is 10.4 Å². The Morgan fingerprint density at radius 3 is 2.80 bits per heavy atom. The van der Waals surface area contributed by atoms with Gasteiger partial charge >= 0.3 is 0 Å². The van der Waals surface area contributed by atoms with Crippen molar-refractivity contribution in [3.63, 3.8) is 0 Å². The van der Waals surface area contributed by atoms with Gasteiger partial charge in [-0.15, -0.1) is 5.10 Å². The number of benzene rings is 2. The second-order valence-electron chi connectivity index (χ2n) is 5.94. The summed E-state index contributed by atoms with van der Waals surface area (Å²) in [4.78, 5) is 18.6. The largest absolute Gasteiger partial charge is 0.423 e. The number of rotatable bonds is 3. The van der Waals surface area contributed by atoms with Crippen LogP contribution in [0.2, 0.25) is 0 Å². The smallest absolute Gasteiger partial charge is 0.297 e. The summed E-state index contributed by atoms with van der Waals surface area (Å²) in [7, 11) is 5.52. The quantitative estimate of drug-likeness (QED) is 0.618. The van der Waals surface area contributed by atoms with Gasteiger partial charge in [0, 0.05) is 38.5 Å². The molecule has 2 aromatic heterocycles. The number of carbonyl (C=O) groups excluding carboxylic acids is 1. The number of carbonyl (C=O) groups is 1. The van der Waals surface area contributed by atoms with Crippen LogP contribution in [0.4, 0.5) is 11.7 Å². The minimum Gasteiger partial charge on any atom is -0.423 e.